The van der Waals surface area contributed by atoms with Gasteiger partial charge >= 0.3 is 0 Å². The summed E-state index contributed by atoms with van der Waals surface area (Å²) in [6.45, 7) is 4.05. The zero-order chi connectivity index (χ0) is 14.3. The van der Waals surface area contributed by atoms with Gasteiger partial charge in [-0.1, -0.05) is 0 Å². The van der Waals surface area contributed by atoms with Crippen molar-refractivity contribution >= 4 is 23.4 Å². The molecule has 0 atom stereocenters. The number of H-pyrrole nitrogens is 1. The number of nitrogens with one attached hydrogen (secondary N) is 1. The average Bonchev–Trinajstić information content (AvgIpc) is 2.76. The van der Waals surface area contributed by atoms with E-state index >= 15 is 0 Å². The van der Waals surface area contributed by atoms with E-state index in [1.807, 2.05) is 42.7 Å². The summed E-state index contributed by atoms with van der Waals surface area (Å²) in [4.78, 5) is 7.67. The summed E-state index contributed by atoms with van der Waals surface area (Å²) in [5, 5.41) is 0. The monoisotopic (exact) mass is 285 g/mol. The van der Waals surface area contributed by atoms with Crippen molar-refractivity contribution in [2.24, 2.45) is 0 Å². The van der Waals surface area contributed by atoms with Crippen molar-refractivity contribution in [3.63, 3.8) is 0 Å². The Morgan fingerprint density at radius 3 is 2.70 bits per heavy atom. The Morgan fingerprint density at radius 1 is 1.20 bits per heavy atom. The Balaban J connectivity index is 2.30. The van der Waals surface area contributed by atoms with Crippen LogP contribution in [0.4, 0.5) is 0 Å². The first kappa shape index (κ1) is 12.9. The number of ether oxygens (including phenoxy) is 1. The number of nitrogens with zero attached hydrogens (tertiary/aromatic N) is 2. The third kappa shape index (κ3) is 1.91. The molecule has 102 valence electrons. The van der Waals surface area contributed by atoms with Crippen molar-refractivity contribution in [2.75, 3.05) is 7.11 Å². The number of methoxy groups -OCH3 is 1. The van der Waals surface area contributed by atoms with Crippen molar-refractivity contribution in [2.45, 2.75) is 13.8 Å². The number of hydrogen-bond donors (Lipinski definition) is 1. The Labute approximate surface area is 122 Å². The highest BCUT2D eigenvalue weighted by Crippen LogP contribution is 2.24. The SMILES string of the molecule is COc1ccc(-n2c(=S)[nH]c3c(C)ccnc32)cc1C. The maximum Gasteiger partial charge on any atom is 0.184 e. The van der Waals surface area contributed by atoms with Crippen LogP contribution >= 0.6 is 12.2 Å². The number of fused-ring (bicyclic) bond motifs is 1. The summed E-state index contributed by atoms with van der Waals surface area (Å²) >= 11 is 5.44. The van der Waals surface area contributed by atoms with Gasteiger partial charge in [-0.2, -0.15) is 0 Å². The van der Waals surface area contributed by atoms with Crippen LogP contribution in [0.5, 0.6) is 5.75 Å². The molecule has 0 bridgehead atoms. The minimum Gasteiger partial charge on any atom is -0.496 e. The first-order chi connectivity index (χ1) is 9.61. The van der Waals surface area contributed by atoms with Crippen LogP contribution in [0.3, 0.4) is 0 Å². The normalized spacial score (nSPS) is 10.9. The van der Waals surface area contributed by atoms with E-state index in [1.165, 1.54) is 0 Å². The van der Waals surface area contributed by atoms with Gasteiger partial charge in [-0.25, -0.2) is 4.98 Å². The lowest BCUT2D eigenvalue weighted by Crippen LogP contribution is -1.97. The van der Waals surface area contributed by atoms with Crippen molar-refractivity contribution in [3.05, 3.63) is 46.4 Å². The molecule has 20 heavy (non-hydrogen) atoms. The van der Waals surface area contributed by atoms with Crippen molar-refractivity contribution in [3.8, 4) is 11.4 Å². The fourth-order valence-electron chi connectivity index (χ4n) is 2.37. The van der Waals surface area contributed by atoms with Crippen LogP contribution in [-0.2, 0) is 0 Å². The van der Waals surface area contributed by atoms with E-state index in [1.54, 1.807) is 13.3 Å². The van der Waals surface area contributed by atoms with Crippen LogP contribution < -0.4 is 4.74 Å². The minimum atomic E-state index is 0.645. The van der Waals surface area contributed by atoms with Crippen molar-refractivity contribution in [1.82, 2.24) is 14.5 Å². The Bertz CT molecular complexity index is 848. The van der Waals surface area contributed by atoms with Crippen LogP contribution in [-0.4, -0.2) is 21.6 Å². The molecular formula is C15H15N3OS. The van der Waals surface area contributed by atoms with E-state index in [-0.39, 0.29) is 0 Å². The molecule has 0 saturated carbocycles. The number of pyridine rings is 1. The van der Waals surface area contributed by atoms with Gasteiger partial charge in [-0.3, -0.25) is 4.57 Å². The molecule has 2 heterocycles. The largest absolute Gasteiger partial charge is 0.496 e. The maximum atomic E-state index is 5.44. The lowest BCUT2D eigenvalue weighted by atomic mass is 10.2. The summed E-state index contributed by atoms with van der Waals surface area (Å²) < 4.78 is 7.89. The highest BCUT2D eigenvalue weighted by molar-refractivity contribution is 7.71. The Hall–Kier alpha value is -2.14. The molecule has 0 aliphatic heterocycles. The predicted molar refractivity (Wildman–Crippen MR) is 82.3 cm³/mol. The highest BCUT2D eigenvalue weighted by Gasteiger charge is 2.10. The molecule has 0 spiro atoms. The van der Waals surface area contributed by atoms with E-state index in [4.69, 9.17) is 17.0 Å². The fraction of sp³-hybridized carbons (Fsp3) is 0.200. The molecule has 3 aromatic rings. The quantitative estimate of drug-likeness (QED) is 0.730. The number of benzene rings is 1. The molecule has 1 N–H and O–H groups in total. The summed E-state index contributed by atoms with van der Waals surface area (Å²) in [5.74, 6) is 0.865. The van der Waals surface area contributed by atoms with Gasteiger partial charge in [0.25, 0.3) is 0 Å². The maximum absolute atomic E-state index is 5.44. The van der Waals surface area contributed by atoms with E-state index in [0.717, 1.165) is 33.7 Å². The first-order valence-electron chi connectivity index (χ1n) is 6.33. The van der Waals surface area contributed by atoms with Gasteiger partial charge in [0.05, 0.1) is 18.3 Å². The highest BCUT2D eigenvalue weighted by atomic mass is 32.1. The number of hydrogen-bond acceptors (Lipinski definition) is 3. The second-order valence-corrected chi connectivity index (χ2v) is 5.13. The zero-order valence-electron chi connectivity index (χ0n) is 11.6. The van der Waals surface area contributed by atoms with E-state index < -0.39 is 0 Å². The molecule has 0 unspecified atom stereocenters. The van der Waals surface area contributed by atoms with Crippen LogP contribution in [0.2, 0.25) is 0 Å². The smallest absolute Gasteiger partial charge is 0.184 e. The zero-order valence-corrected chi connectivity index (χ0v) is 12.4. The van der Waals surface area contributed by atoms with Gasteiger partial charge < -0.3 is 9.72 Å². The van der Waals surface area contributed by atoms with Gasteiger partial charge in [0, 0.05) is 6.20 Å². The third-order valence-corrected chi connectivity index (χ3v) is 3.71. The second kappa shape index (κ2) is 4.76. The summed E-state index contributed by atoms with van der Waals surface area (Å²) in [7, 11) is 1.67. The topological polar surface area (TPSA) is 42.8 Å². The fourth-order valence-corrected chi connectivity index (χ4v) is 2.66. The molecule has 0 aliphatic rings. The van der Waals surface area contributed by atoms with E-state index in [0.29, 0.717) is 4.77 Å². The van der Waals surface area contributed by atoms with E-state index in [9.17, 15) is 0 Å². The molecule has 2 aromatic heterocycles. The number of rotatable bonds is 2. The molecule has 4 nitrogen and oxygen atoms in total. The van der Waals surface area contributed by atoms with Gasteiger partial charge in [0.1, 0.15) is 5.75 Å². The minimum absolute atomic E-state index is 0.645. The lowest BCUT2D eigenvalue weighted by molar-refractivity contribution is 0.411. The van der Waals surface area contributed by atoms with Gasteiger partial charge in [0.2, 0.25) is 0 Å². The van der Waals surface area contributed by atoms with Gasteiger partial charge in [0.15, 0.2) is 10.4 Å². The molecule has 5 heteroatoms. The Kier molecular flexibility index (Phi) is 3.06. The molecule has 0 saturated heterocycles. The molecule has 3 rings (SSSR count). The van der Waals surface area contributed by atoms with Crippen LogP contribution in [0, 0.1) is 18.6 Å². The third-order valence-electron chi connectivity index (χ3n) is 3.42. The van der Waals surface area contributed by atoms with Crippen LogP contribution in [0.25, 0.3) is 16.9 Å². The van der Waals surface area contributed by atoms with Crippen molar-refractivity contribution in [1.29, 1.82) is 0 Å². The second-order valence-electron chi connectivity index (χ2n) is 4.75. The number of aromatic amines is 1. The standard InChI is InChI=1S/C15H15N3OS/c1-9-6-7-16-14-13(9)17-15(20)18(14)11-4-5-12(19-3)10(2)8-11/h4-8H,1-3H3,(H,17,20). The van der Waals surface area contributed by atoms with Gasteiger partial charge in [-0.05, 0) is 61.5 Å². The molecule has 0 fully saturated rings. The van der Waals surface area contributed by atoms with Gasteiger partial charge in [-0.15, -0.1) is 0 Å². The van der Waals surface area contributed by atoms with Crippen LogP contribution in [0.1, 0.15) is 11.1 Å². The average molecular weight is 285 g/mol. The summed E-state index contributed by atoms with van der Waals surface area (Å²) in [5.41, 5.74) is 5.00. The van der Waals surface area contributed by atoms with Crippen molar-refractivity contribution < 1.29 is 4.74 Å². The number of aryl methyl sites for hydroxylation is 2. The van der Waals surface area contributed by atoms with E-state index in [2.05, 4.69) is 9.97 Å². The van der Waals surface area contributed by atoms with Crippen LogP contribution in [0.15, 0.2) is 30.5 Å². The lowest BCUT2D eigenvalue weighted by Gasteiger charge is -2.08. The first-order valence-corrected chi connectivity index (χ1v) is 6.74. The predicted octanol–water partition coefficient (Wildman–Crippen LogP) is 3.71. The summed E-state index contributed by atoms with van der Waals surface area (Å²) in [6, 6.07) is 7.95. The molecule has 0 amide bonds. The molecule has 1 aromatic carbocycles. The summed E-state index contributed by atoms with van der Waals surface area (Å²) in [6.07, 6.45) is 1.80. The molecule has 0 aliphatic carbocycles. The number of imidazole rings is 1. The Morgan fingerprint density at radius 2 is 2.00 bits per heavy atom. The molecular weight excluding hydrogens is 270 g/mol. The number of aromatic nitrogens is 3. The molecule has 0 radical (unpaired) electrons.